The molecule has 0 aliphatic rings. The van der Waals surface area contributed by atoms with Gasteiger partial charge in [-0.05, 0) is 25.4 Å². The predicted octanol–water partition coefficient (Wildman–Crippen LogP) is 2.80. The van der Waals surface area contributed by atoms with Crippen molar-refractivity contribution in [3.8, 4) is 11.3 Å². The summed E-state index contributed by atoms with van der Waals surface area (Å²) in [6.07, 6.45) is 1.82. The van der Waals surface area contributed by atoms with Crippen molar-refractivity contribution in [3.63, 3.8) is 0 Å². The van der Waals surface area contributed by atoms with Crippen LogP contribution in [-0.2, 0) is 6.54 Å². The van der Waals surface area contributed by atoms with Crippen LogP contribution in [0.3, 0.4) is 0 Å². The van der Waals surface area contributed by atoms with E-state index in [0.29, 0.717) is 12.4 Å². The van der Waals surface area contributed by atoms with Crippen molar-refractivity contribution in [1.29, 1.82) is 0 Å². The van der Waals surface area contributed by atoms with Gasteiger partial charge in [0.2, 0.25) is 0 Å². The van der Waals surface area contributed by atoms with Crippen LogP contribution in [0.4, 0.5) is 10.8 Å². The Morgan fingerprint density at radius 1 is 1.40 bits per heavy atom. The average Bonchev–Trinajstić information content (AvgIpc) is 3.09. The number of nitrogens with one attached hydrogen (secondary N) is 2. The summed E-state index contributed by atoms with van der Waals surface area (Å²) < 4.78 is 4.22. The van der Waals surface area contributed by atoms with Gasteiger partial charge in [-0.1, -0.05) is 0 Å². The fourth-order valence-electron chi connectivity index (χ4n) is 1.88. The van der Waals surface area contributed by atoms with Crippen molar-refractivity contribution in [1.82, 2.24) is 19.6 Å². The van der Waals surface area contributed by atoms with E-state index >= 15 is 0 Å². The summed E-state index contributed by atoms with van der Waals surface area (Å²) in [7, 11) is 0. The Balaban J connectivity index is 1.86. The second-order valence-electron chi connectivity index (χ2n) is 4.40. The molecule has 4 N–H and O–H groups in total. The van der Waals surface area contributed by atoms with Crippen LogP contribution in [0.15, 0.2) is 11.6 Å². The summed E-state index contributed by atoms with van der Waals surface area (Å²) >= 11 is 2.96. The van der Waals surface area contributed by atoms with E-state index in [1.54, 1.807) is 11.3 Å². The number of rotatable bonds is 4. The maximum atomic E-state index is 5.97. The lowest BCUT2D eigenvalue weighted by Crippen LogP contribution is -2.00. The number of nitrogen functional groups attached to an aromatic ring is 1. The number of aromatic nitrogens is 4. The summed E-state index contributed by atoms with van der Waals surface area (Å²) in [5.74, 6) is 0.520. The van der Waals surface area contributed by atoms with E-state index in [0.717, 1.165) is 32.5 Å². The molecule has 8 heteroatoms. The number of thiazole rings is 1. The largest absolute Gasteiger partial charge is 0.382 e. The van der Waals surface area contributed by atoms with Crippen LogP contribution in [-0.4, -0.2) is 19.6 Å². The molecule has 0 bridgehead atoms. The maximum Gasteiger partial charge on any atom is 0.148 e. The first-order valence-electron chi connectivity index (χ1n) is 6.05. The molecule has 0 radical (unpaired) electrons. The number of aryl methyl sites for hydroxylation is 2. The minimum absolute atomic E-state index is 0.520. The zero-order chi connectivity index (χ0) is 14.1. The number of hydrogen-bond donors (Lipinski definition) is 3. The molecule has 3 heterocycles. The first-order valence-corrected chi connectivity index (χ1v) is 7.71. The Labute approximate surface area is 124 Å². The van der Waals surface area contributed by atoms with Crippen LogP contribution in [0.1, 0.15) is 16.3 Å². The molecule has 0 amide bonds. The van der Waals surface area contributed by atoms with Gasteiger partial charge in [0.05, 0.1) is 22.5 Å². The molecule has 0 unspecified atom stereocenters. The van der Waals surface area contributed by atoms with Crippen LogP contribution in [0.2, 0.25) is 0 Å². The van der Waals surface area contributed by atoms with Crippen LogP contribution in [0, 0.1) is 13.8 Å². The van der Waals surface area contributed by atoms with Crippen molar-refractivity contribution in [3.05, 3.63) is 27.8 Å². The van der Waals surface area contributed by atoms with Gasteiger partial charge in [0, 0.05) is 23.2 Å². The van der Waals surface area contributed by atoms with Crippen molar-refractivity contribution in [2.24, 2.45) is 0 Å². The van der Waals surface area contributed by atoms with E-state index in [1.165, 1.54) is 11.5 Å². The molecule has 0 aromatic carbocycles. The number of aromatic amines is 1. The lowest BCUT2D eigenvalue weighted by Gasteiger charge is -2.05. The first-order chi connectivity index (χ1) is 9.65. The van der Waals surface area contributed by atoms with Gasteiger partial charge in [-0.2, -0.15) is 9.47 Å². The molecule has 104 valence electrons. The summed E-state index contributed by atoms with van der Waals surface area (Å²) in [6.45, 7) is 4.65. The third-order valence-corrected chi connectivity index (χ3v) is 4.56. The Hall–Kier alpha value is -1.93. The summed E-state index contributed by atoms with van der Waals surface area (Å²) in [4.78, 5) is 4.48. The van der Waals surface area contributed by atoms with Crippen LogP contribution in [0.5, 0.6) is 0 Å². The molecule has 0 aliphatic heterocycles. The molecule has 0 saturated carbocycles. The third kappa shape index (κ3) is 2.39. The highest BCUT2D eigenvalue weighted by Gasteiger charge is 2.16. The molecule has 3 aromatic rings. The number of nitrogens with zero attached hydrogens (tertiary/aromatic N) is 3. The highest BCUT2D eigenvalue weighted by Crippen LogP contribution is 2.37. The normalized spacial score (nSPS) is 10.9. The second kappa shape index (κ2) is 5.22. The highest BCUT2D eigenvalue weighted by atomic mass is 32.1. The smallest absolute Gasteiger partial charge is 0.148 e. The molecular weight excluding hydrogens is 292 g/mol. The molecular formula is C12H14N6S2. The average molecular weight is 306 g/mol. The van der Waals surface area contributed by atoms with E-state index in [9.17, 15) is 0 Å². The van der Waals surface area contributed by atoms with Crippen LogP contribution < -0.4 is 11.1 Å². The number of hydrogen-bond acceptors (Lipinski definition) is 7. The van der Waals surface area contributed by atoms with E-state index in [-0.39, 0.29) is 0 Å². The van der Waals surface area contributed by atoms with Crippen LogP contribution >= 0.6 is 22.9 Å². The highest BCUT2D eigenvalue weighted by molar-refractivity contribution is 7.11. The van der Waals surface area contributed by atoms with Gasteiger partial charge in [0.15, 0.2) is 0 Å². The summed E-state index contributed by atoms with van der Waals surface area (Å²) in [6, 6.07) is 0. The second-order valence-corrected chi connectivity index (χ2v) is 6.23. The zero-order valence-electron chi connectivity index (χ0n) is 11.1. The quantitative estimate of drug-likeness (QED) is 0.689. The Kier molecular flexibility index (Phi) is 3.41. The monoisotopic (exact) mass is 306 g/mol. The van der Waals surface area contributed by atoms with Gasteiger partial charge < -0.3 is 11.1 Å². The van der Waals surface area contributed by atoms with Gasteiger partial charge in [0.1, 0.15) is 10.8 Å². The van der Waals surface area contributed by atoms with Gasteiger partial charge in [-0.25, -0.2) is 4.98 Å². The Bertz CT molecular complexity index is 726. The maximum absolute atomic E-state index is 5.97. The fourth-order valence-corrected chi connectivity index (χ4v) is 3.20. The molecule has 0 fully saturated rings. The van der Waals surface area contributed by atoms with E-state index in [4.69, 9.17) is 5.73 Å². The fraction of sp³-hybridized carbons (Fsp3) is 0.250. The van der Waals surface area contributed by atoms with Gasteiger partial charge in [0.25, 0.3) is 0 Å². The molecule has 3 aromatic heterocycles. The third-order valence-electron chi connectivity index (χ3n) is 2.97. The van der Waals surface area contributed by atoms with Crippen molar-refractivity contribution < 1.29 is 0 Å². The topological polar surface area (TPSA) is 92.5 Å². The van der Waals surface area contributed by atoms with Crippen molar-refractivity contribution in [2.75, 3.05) is 11.1 Å². The minimum atomic E-state index is 0.520. The SMILES string of the molecule is Cc1nc(-c2c(N)nsc2NCc2cn[nH]c2C)cs1. The molecule has 0 atom stereocenters. The number of anilines is 2. The molecule has 20 heavy (non-hydrogen) atoms. The zero-order valence-corrected chi connectivity index (χ0v) is 12.7. The minimum Gasteiger partial charge on any atom is -0.382 e. The molecule has 6 nitrogen and oxygen atoms in total. The molecule has 0 saturated heterocycles. The van der Waals surface area contributed by atoms with E-state index in [2.05, 4.69) is 24.9 Å². The lowest BCUT2D eigenvalue weighted by molar-refractivity contribution is 1.04. The predicted molar refractivity (Wildman–Crippen MR) is 83.0 cm³/mol. The standard InChI is InChI=1S/C12H14N6S2/c1-6-8(4-15-17-6)3-14-12-10(11(13)18-20-12)9-5-19-7(2)16-9/h4-5,14H,3H2,1-2H3,(H2,13,18)(H,15,17). The Morgan fingerprint density at radius 3 is 2.90 bits per heavy atom. The van der Waals surface area contributed by atoms with Crippen molar-refractivity contribution in [2.45, 2.75) is 20.4 Å². The number of nitrogens with two attached hydrogens (primary N) is 1. The van der Waals surface area contributed by atoms with E-state index < -0.39 is 0 Å². The summed E-state index contributed by atoms with van der Waals surface area (Å²) in [5.41, 5.74) is 9.92. The molecule has 0 aliphatic carbocycles. The first kappa shape index (κ1) is 13.1. The lowest BCUT2D eigenvalue weighted by atomic mass is 10.2. The molecule has 0 spiro atoms. The number of H-pyrrole nitrogens is 1. The molecule has 3 rings (SSSR count). The van der Waals surface area contributed by atoms with Gasteiger partial charge in [-0.3, -0.25) is 5.10 Å². The Morgan fingerprint density at radius 2 is 2.25 bits per heavy atom. The van der Waals surface area contributed by atoms with Crippen LogP contribution in [0.25, 0.3) is 11.3 Å². The van der Waals surface area contributed by atoms with Gasteiger partial charge >= 0.3 is 0 Å². The van der Waals surface area contributed by atoms with Crippen molar-refractivity contribution >= 4 is 33.7 Å². The van der Waals surface area contributed by atoms with E-state index in [1.807, 2.05) is 25.4 Å². The van der Waals surface area contributed by atoms with Gasteiger partial charge in [-0.15, -0.1) is 11.3 Å². The summed E-state index contributed by atoms with van der Waals surface area (Å²) in [5, 5.41) is 14.3.